The second-order valence-corrected chi connectivity index (χ2v) is 6.62. The van der Waals surface area contributed by atoms with Gasteiger partial charge in [-0.05, 0) is 18.9 Å². The van der Waals surface area contributed by atoms with Gasteiger partial charge in [0, 0.05) is 38.7 Å². The summed E-state index contributed by atoms with van der Waals surface area (Å²) >= 11 is 6.16. The summed E-state index contributed by atoms with van der Waals surface area (Å²) in [5.41, 5.74) is 0.386. The van der Waals surface area contributed by atoms with E-state index in [2.05, 4.69) is 10.3 Å². The van der Waals surface area contributed by atoms with Crippen LogP contribution in [0.3, 0.4) is 0 Å². The molecule has 7 nitrogen and oxygen atoms in total. The molecule has 0 bridgehead atoms. The number of pyridine rings is 1. The van der Waals surface area contributed by atoms with Gasteiger partial charge in [0.25, 0.3) is 5.91 Å². The minimum absolute atomic E-state index is 0.0435. The van der Waals surface area contributed by atoms with Gasteiger partial charge in [0.2, 0.25) is 11.8 Å². The van der Waals surface area contributed by atoms with Crippen LogP contribution in [-0.4, -0.2) is 60.7 Å². The summed E-state index contributed by atoms with van der Waals surface area (Å²) in [4.78, 5) is 29.7. The van der Waals surface area contributed by atoms with Crippen molar-refractivity contribution in [2.24, 2.45) is 0 Å². The Labute approximate surface area is 151 Å². The van der Waals surface area contributed by atoms with E-state index in [1.54, 1.807) is 6.07 Å². The lowest BCUT2D eigenvalue weighted by Crippen LogP contribution is -2.30. The standard InChI is InChI=1S/C17H22ClN3O4/c18-14-9-12(10-20-17(14)25-13-4-8-24-11-13)16(23)19-5-2-7-21-6-1-3-15(21)22/h9-10,13H,1-8,11H2,(H,19,23). The molecule has 0 aromatic carbocycles. The Balaban J connectivity index is 1.45. The molecule has 2 aliphatic heterocycles. The Morgan fingerprint density at radius 3 is 3.08 bits per heavy atom. The molecular formula is C17H22ClN3O4. The molecule has 2 fully saturated rings. The topological polar surface area (TPSA) is 80.8 Å². The summed E-state index contributed by atoms with van der Waals surface area (Å²) in [5.74, 6) is 0.282. The van der Waals surface area contributed by atoms with Crippen LogP contribution in [0, 0.1) is 0 Å². The molecule has 136 valence electrons. The second-order valence-electron chi connectivity index (χ2n) is 6.21. The number of rotatable bonds is 7. The fourth-order valence-corrected chi connectivity index (χ4v) is 3.13. The van der Waals surface area contributed by atoms with Gasteiger partial charge in [0.1, 0.15) is 11.1 Å². The molecule has 25 heavy (non-hydrogen) atoms. The highest BCUT2D eigenvalue weighted by Gasteiger charge is 2.21. The lowest BCUT2D eigenvalue weighted by atomic mass is 10.2. The molecule has 1 aromatic rings. The van der Waals surface area contributed by atoms with Crippen LogP contribution in [-0.2, 0) is 9.53 Å². The molecule has 1 unspecified atom stereocenters. The first-order chi connectivity index (χ1) is 12.1. The summed E-state index contributed by atoms with van der Waals surface area (Å²) in [6.07, 6.45) is 4.50. The van der Waals surface area contributed by atoms with Gasteiger partial charge < -0.3 is 19.7 Å². The molecule has 8 heteroatoms. The predicted molar refractivity (Wildman–Crippen MR) is 91.9 cm³/mol. The number of hydrogen-bond acceptors (Lipinski definition) is 5. The zero-order valence-corrected chi connectivity index (χ0v) is 14.8. The number of halogens is 1. The number of aromatic nitrogens is 1. The fraction of sp³-hybridized carbons (Fsp3) is 0.588. The van der Waals surface area contributed by atoms with Crippen molar-refractivity contribution in [3.8, 4) is 5.88 Å². The van der Waals surface area contributed by atoms with Crippen molar-refractivity contribution in [2.75, 3.05) is 32.8 Å². The van der Waals surface area contributed by atoms with E-state index < -0.39 is 0 Å². The molecule has 1 atom stereocenters. The molecular weight excluding hydrogens is 346 g/mol. The van der Waals surface area contributed by atoms with Gasteiger partial charge >= 0.3 is 0 Å². The summed E-state index contributed by atoms with van der Waals surface area (Å²) in [5, 5.41) is 3.13. The van der Waals surface area contributed by atoms with E-state index in [1.165, 1.54) is 6.20 Å². The molecule has 1 aromatic heterocycles. The Morgan fingerprint density at radius 1 is 1.52 bits per heavy atom. The van der Waals surface area contributed by atoms with E-state index in [0.717, 1.165) is 25.8 Å². The first-order valence-electron chi connectivity index (χ1n) is 8.59. The average Bonchev–Trinajstić information content (AvgIpc) is 3.25. The van der Waals surface area contributed by atoms with Crippen LogP contribution in [0.1, 0.15) is 36.0 Å². The first-order valence-corrected chi connectivity index (χ1v) is 8.97. The van der Waals surface area contributed by atoms with E-state index in [1.807, 2.05) is 4.90 Å². The smallest absolute Gasteiger partial charge is 0.252 e. The predicted octanol–water partition coefficient (Wildman–Crippen LogP) is 1.64. The number of carbonyl (C=O) groups is 2. The molecule has 0 spiro atoms. The van der Waals surface area contributed by atoms with Crippen LogP contribution in [0.2, 0.25) is 5.02 Å². The molecule has 0 saturated carbocycles. The van der Waals surface area contributed by atoms with E-state index in [9.17, 15) is 9.59 Å². The molecule has 0 aliphatic carbocycles. The Hall–Kier alpha value is -1.86. The number of ether oxygens (including phenoxy) is 2. The maximum Gasteiger partial charge on any atom is 0.252 e. The molecule has 0 radical (unpaired) electrons. The van der Waals surface area contributed by atoms with Crippen molar-refractivity contribution >= 4 is 23.4 Å². The maximum atomic E-state index is 12.2. The number of nitrogens with zero attached hydrogens (tertiary/aromatic N) is 2. The minimum atomic E-state index is -0.238. The van der Waals surface area contributed by atoms with Gasteiger partial charge in [-0.25, -0.2) is 4.98 Å². The van der Waals surface area contributed by atoms with E-state index in [0.29, 0.717) is 49.2 Å². The van der Waals surface area contributed by atoms with E-state index in [-0.39, 0.29) is 17.9 Å². The van der Waals surface area contributed by atoms with Crippen LogP contribution in [0.15, 0.2) is 12.3 Å². The molecule has 1 N–H and O–H groups in total. The van der Waals surface area contributed by atoms with Crippen molar-refractivity contribution in [3.05, 3.63) is 22.8 Å². The van der Waals surface area contributed by atoms with Crippen molar-refractivity contribution in [2.45, 2.75) is 31.8 Å². The van der Waals surface area contributed by atoms with Gasteiger partial charge in [0.05, 0.1) is 18.8 Å². The Bertz CT molecular complexity index is 634. The molecule has 2 amide bonds. The van der Waals surface area contributed by atoms with E-state index >= 15 is 0 Å². The normalized spacial score (nSPS) is 20.1. The number of likely N-dealkylation sites (tertiary alicyclic amines) is 1. The van der Waals surface area contributed by atoms with Gasteiger partial charge in [-0.3, -0.25) is 9.59 Å². The largest absolute Gasteiger partial charge is 0.471 e. The second kappa shape index (κ2) is 8.49. The molecule has 3 heterocycles. The minimum Gasteiger partial charge on any atom is -0.471 e. The van der Waals surface area contributed by atoms with Crippen LogP contribution in [0.4, 0.5) is 0 Å². The van der Waals surface area contributed by atoms with Gasteiger partial charge in [0.15, 0.2) is 0 Å². The maximum absolute atomic E-state index is 12.2. The average molecular weight is 368 g/mol. The molecule has 3 rings (SSSR count). The van der Waals surface area contributed by atoms with Crippen molar-refractivity contribution in [3.63, 3.8) is 0 Å². The summed E-state index contributed by atoms with van der Waals surface area (Å²) in [7, 11) is 0. The lowest BCUT2D eigenvalue weighted by molar-refractivity contribution is -0.127. The quantitative estimate of drug-likeness (QED) is 0.741. The molecule has 2 saturated heterocycles. The monoisotopic (exact) mass is 367 g/mol. The summed E-state index contributed by atoms with van der Waals surface area (Å²) < 4.78 is 10.9. The van der Waals surface area contributed by atoms with Gasteiger partial charge in [-0.1, -0.05) is 11.6 Å². The first kappa shape index (κ1) is 17.9. The lowest BCUT2D eigenvalue weighted by Gasteiger charge is -2.15. The Morgan fingerprint density at radius 2 is 2.40 bits per heavy atom. The summed E-state index contributed by atoms with van der Waals surface area (Å²) in [6, 6.07) is 1.55. The number of nitrogens with one attached hydrogen (secondary N) is 1. The van der Waals surface area contributed by atoms with Crippen LogP contribution < -0.4 is 10.1 Å². The van der Waals surface area contributed by atoms with Crippen molar-refractivity contribution in [1.82, 2.24) is 15.2 Å². The van der Waals surface area contributed by atoms with Crippen LogP contribution in [0.25, 0.3) is 0 Å². The summed E-state index contributed by atoms with van der Waals surface area (Å²) in [6.45, 7) is 3.19. The van der Waals surface area contributed by atoms with Crippen molar-refractivity contribution in [1.29, 1.82) is 0 Å². The fourth-order valence-electron chi connectivity index (χ4n) is 2.91. The van der Waals surface area contributed by atoms with Crippen LogP contribution in [0.5, 0.6) is 5.88 Å². The van der Waals surface area contributed by atoms with Crippen molar-refractivity contribution < 1.29 is 19.1 Å². The Kier molecular flexibility index (Phi) is 6.09. The highest BCUT2D eigenvalue weighted by Crippen LogP contribution is 2.25. The zero-order chi connectivity index (χ0) is 17.6. The highest BCUT2D eigenvalue weighted by atomic mass is 35.5. The van der Waals surface area contributed by atoms with E-state index in [4.69, 9.17) is 21.1 Å². The number of carbonyl (C=O) groups excluding carboxylic acids is 2. The van der Waals surface area contributed by atoms with Gasteiger partial charge in [-0.15, -0.1) is 0 Å². The number of amides is 2. The SMILES string of the molecule is O=C(NCCCN1CCCC1=O)c1cnc(OC2CCOC2)c(Cl)c1. The zero-order valence-electron chi connectivity index (χ0n) is 14.0. The highest BCUT2D eigenvalue weighted by molar-refractivity contribution is 6.32. The third-order valence-electron chi connectivity index (χ3n) is 4.30. The number of hydrogen-bond donors (Lipinski definition) is 1. The van der Waals surface area contributed by atoms with Crippen LogP contribution >= 0.6 is 11.6 Å². The third-order valence-corrected chi connectivity index (χ3v) is 4.57. The third kappa shape index (κ3) is 4.83. The molecule has 2 aliphatic rings. The van der Waals surface area contributed by atoms with Gasteiger partial charge in [-0.2, -0.15) is 0 Å².